The predicted octanol–water partition coefficient (Wildman–Crippen LogP) is 3.78. The lowest BCUT2D eigenvalue weighted by Crippen LogP contribution is -1.95. The Kier molecular flexibility index (Phi) is 3.06. The van der Waals surface area contributed by atoms with Crippen LogP contribution in [0, 0.1) is 11.3 Å². The van der Waals surface area contributed by atoms with Crippen LogP contribution < -0.4 is 0 Å². The number of benzene rings is 1. The molecule has 1 aromatic rings. The molecule has 1 aliphatic carbocycles. The Labute approximate surface area is 91.7 Å². The Bertz CT molecular complexity index is 381. The van der Waals surface area contributed by atoms with Gasteiger partial charge in [0.05, 0.1) is 11.6 Å². The van der Waals surface area contributed by atoms with Gasteiger partial charge in [-0.2, -0.15) is 5.26 Å². The molecule has 1 nitrogen and oxygen atoms in total. The van der Waals surface area contributed by atoms with E-state index >= 15 is 0 Å². The molecule has 0 aromatic heterocycles. The van der Waals surface area contributed by atoms with Gasteiger partial charge in [-0.25, -0.2) is 0 Å². The SMILES string of the molecule is CCc1ccc(C2CCCC2)cc1C#N. The second kappa shape index (κ2) is 4.49. The molecule has 0 spiro atoms. The van der Waals surface area contributed by atoms with Crippen LogP contribution in [-0.2, 0) is 6.42 Å². The fourth-order valence-corrected chi connectivity index (χ4v) is 2.52. The zero-order valence-corrected chi connectivity index (χ0v) is 9.29. The molecular formula is C14H17N. The minimum atomic E-state index is 0.711. The molecule has 0 N–H and O–H groups in total. The van der Waals surface area contributed by atoms with E-state index in [0.29, 0.717) is 5.92 Å². The zero-order chi connectivity index (χ0) is 10.7. The third-order valence-electron chi connectivity index (χ3n) is 3.46. The van der Waals surface area contributed by atoms with Gasteiger partial charge < -0.3 is 0 Å². The molecule has 15 heavy (non-hydrogen) atoms. The van der Waals surface area contributed by atoms with Gasteiger partial charge in [0.15, 0.2) is 0 Å². The molecule has 2 rings (SSSR count). The Hall–Kier alpha value is -1.29. The van der Waals surface area contributed by atoms with Crippen molar-refractivity contribution in [3.05, 3.63) is 34.9 Å². The lowest BCUT2D eigenvalue weighted by molar-refractivity contribution is 0.722. The van der Waals surface area contributed by atoms with Gasteiger partial charge in [-0.15, -0.1) is 0 Å². The number of aryl methyl sites for hydroxylation is 1. The molecule has 1 fully saturated rings. The Morgan fingerprint density at radius 3 is 2.67 bits per heavy atom. The first-order valence-electron chi connectivity index (χ1n) is 5.88. The molecule has 0 atom stereocenters. The molecule has 0 amide bonds. The number of nitrogens with zero attached hydrogens (tertiary/aromatic N) is 1. The number of nitriles is 1. The molecule has 1 saturated carbocycles. The highest BCUT2D eigenvalue weighted by atomic mass is 14.3. The summed E-state index contributed by atoms with van der Waals surface area (Å²) in [5, 5.41) is 9.07. The van der Waals surface area contributed by atoms with Crippen LogP contribution in [0.25, 0.3) is 0 Å². The molecule has 1 aliphatic rings. The third-order valence-corrected chi connectivity index (χ3v) is 3.46. The van der Waals surface area contributed by atoms with Crippen molar-refractivity contribution >= 4 is 0 Å². The first kappa shape index (κ1) is 10.2. The quantitative estimate of drug-likeness (QED) is 0.711. The smallest absolute Gasteiger partial charge is 0.0994 e. The molecular weight excluding hydrogens is 182 g/mol. The standard InChI is InChI=1S/C14H17N/c1-2-11-7-8-13(9-14(11)10-15)12-5-3-4-6-12/h7-9,12H,2-6H2,1H3. The number of hydrogen-bond donors (Lipinski definition) is 0. The highest BCUT2D eigenvalue weighted by Gasteiger charge is 2.17. The summed E-state index contributed by atoms with van der Waals surface area (Å²) >= 11 is 0. The fourth-order valence-electron chi connectivity index (χ4n) is 2.52. The first-order chi connectivity index (χ1) is 7.35. The molecule has 0 unspecified atom stereocenters. The lowest BCUT2D eigenvalue weighted by atomic mass is 9.93. The van der Waals surface area contributed by atoms with Gasteiger partial charge in [0.25, 0.3) is 0 Å². The molecule has 0 saturated heterocycles. The van der Waals surface area contributed by atoms with Crippen LogP contribution in [0.15, 0.2) is 18.2 Å². The highest BCUT2D eigenvalue weighted by molar-refractivity contribution is 5.41. The zero-order valence-electron chi connectivity index (χ0n) is 9.29. The summed E-state index contributed by atoms with van der Waals surface area (Å²) in [6.45, 7) is 2.10. The highest BCUT2D eigenvalue weighted by Crippen LogP contribution is 2.34. The van der Waals surface area contributed by atoms with Gasteiger partial charge in [-0.3, -0.25) is 0 Å². The van der Waals surface area contributed by atoms with Crippen molar-refractivity contribution in [2.75, 3.05) is 0 Å². The van der Waals surface area contributed by atoms with E-state index < -0.39 is 0 Å². The molecule has 0 aliphatic heterocycles. The Morgan fingerprint density at radius 1 is 1.33 bits per heavy atom. The number of rotatable bonds is 2. The van der Waals surface area contributed by atoms with Crippen LogP contribution in [0.3, 0.4) is 0 Å². The van der Waals surface area contributed by atoms with E-state index in [4.69, 9.17) is 5.26 Å². The van der Waals surface area contributed by atoms with Crippen LogP contribution in [0.4, 0.5) is 0 Å². The Morgan fingerprint density at radius 2 is 2.07 bits per heavy atom. The van der Waals surface area contributed by atoms with Crippen LogP contribution in [-0.4, -0.2) is 0 Å². The maximum absolute atomic E-state index is 9.07. The van der Waals surface area contributed by atoms with Crippen molar-refractivity contribution < 1.29 is 0 Å². The van der Waals surface area contributed by atoms with Crippen LogP contribution in [0.5, 0.6) is 0 Å². The van der Waals surface area contributed by atoms with E-state index in [1.165, 1.54) is 36.8 Å². The Balaban J connectivity index is 2.30. The van der Waals surface area contributed by atoms with Crippen LogP contribution in [0.1, 0.15) is 55.2 Å². The van der Waals surface area contributed by atoms with Crippen LogP contribution in [0.2, 0.25) is 0 Å². The van der Waals surface area contributed by atoms with Crippen molar-refractivity contribution in [1.29, 1.82) is 5.26 Å². The summed E-state index contributed by atoms with van der Waals surface area (Å²) in [5.41, 5.74) is 3.43. The largest absolute Gasteiger partial charge is 0.192 e. The summed E-state index contributed by atoms with van der Waals surface area (Å²) < 4.78 is 0. The molecule has 78 valence electrons. The fraction of sp³-hybridized carbons (Fsp3) is 0.500. The predicted molar refractivity (Wildman–Crippen MR) is 61.7 cm³/mol. The van der Waals surface area contributed by atoms with E-state index in [0.717, 1.165) is 12.0 Å². The average molecular weight is 199 g/mol. The van der Waals surface area contributed by atoms with E-state index in [9.17, 15) is 0 Å². The van der Waals surface area contributed by atoms with Gasteiger partial charge >= 0.3 is 0 Å². The summed E-state index contributed by atoms with van der Waals surface area (Å²) in [6, 6.07) is 8.77. The van der Waals surface area contributed by atoms with Gasteiger partial charge in [-0.05, 0) is 42.4 Å². The van der Waals surface area contributed by atoms with Crippen molar-refractivity contribution in [2.45, 2.75) is 44.9 Å². The molecule has 1 aromatic carbocycles. The number of hydrogen-bond acceptors (Lipinski definition) is 1. The molecule has 0 bridgehead atoms. The normalized spacial score (nSPS) is 16.5. The molecule has 0 heterocycles. The van der Waals surface area contributed by atoms with Crippen molar-refractivity contribution in [3.63, 3.8) is 0 Å². The maximum Gasteiger partial charge on any atom is 0.0994 e. The second-order valence-electron chi connectivity index (χ2n) is 4.36. The minimum absolute atomic E-state index is 0.711. The van der Waals surface area contributed by atoms with Gasteiger partial charge in [0.1, 0.15) is 0 Å². The molecule has 1 heteroatoms. The van der Waals surface area contributed by atoms with Crippen molar-refractivity contribution in [3.8, 4) is 6.07 Å². The van der Waals surface area contributed by atoms with Gasteiger partial charge in [0, 0.05) is 0 Å². The van der Waals surface area contributed by atoms with Crippen molar-refractivity contribution in [1.82, 2.24) is 0 Å². The van der Waals surface area contributed by atoms with E-state index in [1.54, 1.807) is 0 Å². The second-order valence-corrected chi connectivity index (χ2v) is 4.36. The maximum atomic E-state index is 9.07. The van der Waals surface area contributed by atoms with Gasteiger partial charge in [0.2, 0.25) is 0 Å². The summed E-state index contributed by atoms with van der Waals surface area (Å²) in [4.78, 5) is 0. The summed E-state index contributed by atoms with van der Waals surface area (Å²) in [6.07, 6.45) is 6.25. The van der Waals surface area contributed by atoms with Crippen LogP contribution >= 0.6 is 0 Å². The van der Waals surface area contributed by atoms with Crippen molar-refractivity contribution in [2.24, 2.45) is 0 Å². The first-order valence-corrected chi connectivity index (χ1v) is 5.88. The van der Waals surface area contributed by atoms with Gasteiger partial charge in [-0.1, -0.05) is 31.9 Å². The molecule has 0 radical (unpaired) electrons. The lowest BCUT2D eigenvalue weighted by Gasteiger charge is -2.11. The van der Waals surface area contributed by atoms with E-state index in [2.05, 4.69) is 31.2 Å². The van der Waals surface area contributed by atoms with E-state index in [-0.39, 0.29) is 0 Å². The summed E-state index contributed by atoms with van der Waals surface area (Å²) in [7, 11) is 0. The monoisotopic (exact) mass is 199 g/mol. The minimum Gasteiger partial charge on any atom is -0.192 e. The van der Waals surface area contributed by atoms with E-state index in [1.807, 2.05) is 0 Å². The third kappa shape index (κ3) is 2.04. The summed E-state index contributed by atoms with van der Waals surface area (Å²) in [5.74, 6) is 0.711. The average Bonchev–Trinajstić information content (AvgIpc) is 2.81. The topological polar surface area (TPSA) is 23.8 Å².